The van der Waals surface area contributed by atoms with Crippen molar-refractivity contribution in [1.29, 1.82) is 0 Å². The zero-order valence-corrected chi connectivity index (χ0v) is 8.46. The van der Waals surface area contributed by atoms with E-state index in [2.05, 4.69) is 14.9 Å². The van der Waals surface area contributed by atoms with E-state index in [1.54, 1.807) is 6.92 Å². The predicted molar refractivity (Wildman–Crippen MR) is 49.2 cm³/mol. The van der Waals surface area contributed by atoms with E-state index in [1.807, 2.05) is 0 Å². The van der Waals surface area contributed by atoms with Gasteiger partial charge in [-0.3, -0.25) is 9.59 Å². The summed E-state index contributed by atoms with van der Waals surface area (Å²) in [6.45, 7) is 3.04. The van der Waals surface area contributed by atoms with Gasteiger partial charge in [0.05, 0.1) is 5.69 Å². The molecular weight excluding hydrogens is 206 g/mol. The predicted octanol–water partition coefficient (Wildman–Crippen LogP) is 0.0494. The lowest BCUT2D eigenvalue weighted by Gasteiger charge is -2.07. The molecule has 1 amide bonds. The number of nitrogens with zero attached hydrogens (tertiary/aromatic N) is 2. The van der Waals surface area contributed by atoms with Crippen LogP contribution in [0.25, 0.3) is 0 Å². The fourth-order valence-corrected chi connectivity index (χ4v) is 1.32. The molecule has 0 radical (unpaired) electrons. The van der Waals surface area contributed by atoms with Gasteiger partial charge in [0.25, 0.3) is 5.91 Å². The Balaban J connectivity index is 2.69. The Hall–Kier alpha value is -1.50. The van der Waals surface area contributed by atoms with Crippen molar-refractivity contribution in [3.8, 4) is 0 Å². The molecule has 1 rings (SSSR count). The molecule has 14 heavy (non-hydrogen) atoms. The van der Waals surface area contributed by atoms with Crippen LogP contribution in [0, 0.1) is 6.92 Å². The van der Waals surface area contributed by atoms with E-state index in [1.165, 1.54) is 6.92 Å². The highest BCUT2D eigenvalue weighted by molar-refractivity contribution is 7.08. The third-order valence-electron chi connectivity index (χ3n) is 1.58. The molecule has 0 bridgehead atoms. The second-order valence-electron chi connectivity index (χ2n) is 2.72. The number of carboxylic acid groups (broad SMARTS) is 1. The number of amides is 1. The van der Waals surface area contributed by atoms with Crippen molar-refractivity contribution in [2.45, 2.75) is 19.9 Å². The molecule has 0 aliphatic heterocycles. The molecule has 1 heterocycles. The number of hydrogen-bond acceptors (Lipinski definition) is 5. The maximum atomic E-state index is 11.4. The zero-order chi connectivity index (χ0) is 10.7. The quantitative estimate of drug-likeness (QED) is 0.743. The summed E-state index contributed by atoms with van der Waals surface area (Å²) in [5.74, 6) is -1.53. The van der Waals surface area contributed by atoms with E-state index >= 15 is 0 Å². The standard InChI is InChI=1S/C7H9N3O3S/c1-3-5(14-10-9-3)6(11)8-4(2)7(12)13/h4H,1-2H3,(H,8,11)(H,12,13)/t4-/m1/s1. The third kappa shape index (κ3) is 2.25. The number of hydrogen-bond donors (Lipinski definition) is 2. The molecule has 1 aromatic rings. The summed E-state index contributed by atoms with van der Waals surface area (Å²) >= 11 is 0.945. The van der Waals surface area contributed by atoms with Crippen LogP contribution in [-0.4, -0.2) is 32.6 Å². The van der Waals surface area contributed by atoms with Crippen molar-refractivity contribution in [2.24, 2.45) is 0 Å². The van der Waals surface area contributed by atoms with Gasteiger partial charge < -0.3 is 10.4 Å². The molecule has 0 aliphatic rings. The van der Waals surface area contributed by atoms with Crippen LogP contribution in [0.2, 0.25) is 0 Å². The molecule has 0 aliphatic carbocycles. The maximum Gasteiger partial charge on any atom is 0.325 e. The highest BCUT2D eigenvalue weighted by Crippen LogP contribution is 2.08. The number of rotatable bonds is 3. The number of nitrogens with one attached hydrogen (secondary N) is 1. The first-order valence-corrected chi connectivity index (χ1v) is 4.62. The smallest absolute Gasteiger partial charge is 0.325 e. The summed E-state index contributed by atoms with van der Waals surface area (Å²) in [4.78, 5) is 22.2. The van der Waals surface area contributed by atoms with Gasteiger partial charge in [-0.05, 0) is 25.4 Å². The summed E-state index contributed by atoms with van der Waals surface area (Å²) in [7, 11) is 0. The van der Waals surface area contributed by atoms with E-state index in [4.69, 9.17) is 5.11 Å². The first kappa shape index (κ1) is 10.6. The van der Waals surface area contributed by atoms with Crippen molar-refractivity contribution < 1.29 is 14.7 Å². The SMILES string of the molecule is Cc1nnsc1C(=O)N[C@H](C)C(=O)O. The topological polar surface area (TPSA) is 92.2 Å². The number of aromatic nitrogens is 2. The molecule has 7 heteroatoms. The summed E-state index contributed by atoms with van der Waals surface area (Å²) in [5, 5.41) is 14.5. The number of carboxylic acids is 1. The molecule has 1 aromatic heterocycles. The molecule has 1 atom stereocenters. The van der Waals surface area contributed by atoms with Crippen molar-refractivity contribution >= 4 is 23.4 Å². The van der Waals surface area contributed by atoms with Crippen LogP contribution in [0.3, 0.4) is 0 Å². The third-order valence-corrected chi connectivity index (χ3v) is 2.40. The first-order chi connectivity index (χ1) is 6.52. The number of aliphatic carboxylic acids is 1. The van der Waals surface area contributed by atoms with Gasteiger partial charge in [-0.25, -0.2) is 0 Å². The Morgan fingerprint density at radius 3 is 2.64 bits per heavy atom. The largest absolute Gasteiger partial charge is 0.480 e. The van der Waals surface area contributed by atoms with E-state index in [-0.39, 0.29) is 0 Å². The Kier molecular flexibility index (Phi) is 3.13. The van der Waals surface area contributed by atoms with Crippen molar-refractivity contribution in [1.82, 2.24) is 14.9 Å². The number of carbonyl (C=O) groups excluding carboxylic acids is 1. The maximum absolute atomic E-state index is 11.4. The molecule has 0 saturated heterocycles. The van der Waals surface area contributed by atoms with Crippen LogP contribution in [0.4, 0.5) is 0 Å². The molecule has 0 fully saturated rings. The van der Waals surface area contributed by atoms with Gasteiger partial charge in [0, 0.05) is 0 Å². The molecule has 0 aromatic carbocycles. The van der Waals surface area contributed by atoms with Crippen molar-refractivity contribution in [3.05, 3.63) is 10.6 Å². The lowest BCUT2D eigenvalue weighted by Crippen LogP contribution is -2.38. The summed E-state index contributed by atoms with van der Waals surface area (Å²) < 4.78 is 3.58. The Morgan fingerprint density at radius 1 is 1.57 bits per heavy atom. The monoisotopic (exact) mass is 215 g/mol. The van der Waals surface area contributed by atoms with E-state index in [0.29, 0.717) is 10.6 Å². The van der Waals surface area contributed by atoms with E-state index in [0.717, 1.165) is 11.5 Å². The summed E-state index contributed by atoms with van der Waals surface area (Å²) in [5.41, 5.74) is 0.505. The average molecular weight is 215 g/mol. The summed E-state index contributed by atoms with van der Waals surface area (Å²) in [6, 6.07) is -0.913. The summed E-state index contributed by atoms with van der Waals surface area (Å²) in [6.07, 6.45) is 0. The molecule has 0 saturated carbocycles. The highest BCUT2D eigenvalue weighted by atomic mass is 32.1. The molecule has 6 nitrogen and oxygen atoms in total. The molecule has 0 spiro atoms. The Labute approximate surface area is 84.1 Å². The fourth-order valence-electron chi connectivity index (χ4n) is 0.764. The molecule has 2 N–H and O–H groups in total. The molecule has 0 unspecified atom stereocenters. The van der Waals surface area contributed by atoms with Crippen LogP contribution in [0.5, 0.6) is 0 Å². The average Bonchev–Trinajstić information content (AvgIpc) is 2.51. The minimum absolute atomic E-state index is 0.345. The number of aryl methyl sites for hydroxylation is 1. The fraction of sp³-hybridized carbons (Fsp3) is 0.429. The van der Waals surface area contributed by atoms with E-state index in [9.17, 15) is 9.59 Å². The minimum Gasteiger partial charge on any atom is -0.480 e. The minimum atomic E-state index is -1.08. The van der Waals surface area contributed by atoms with Crippen LogP contribution in [0.15, 0.2) is 0 Å². The van der Waals surface area contributed by atoms with Gasteiger partial charge >= 0.3 is 5.97 Å². The van der Waals surface area contributed by atoms with Gasteiger partial charge in [0.2, 0.25) is 0 Å². The Morgan fingerprint density at radius 2 is 2.21 bits per heavy atom. The Bertz CT molecular complexity index is 363. The van der Waals surface area contributed by atoms with Crippen molar-refractivity contribution in [2.75, 3.05) is 0 Å². The molecular formula is C7H9N3O3S. The van der Waals surface area contributed by atoms with Gasteiger partial charge in [0.1, 0.15) is 10.9 Å². The van der Waals surface area contributed by atoms with Gasteiger partial charge in [-0.2, -0.15) is 0 Å². The van der Waals surface area contributed by atoms with Crippen LogP contribution in [-0.2, 0) is 4.79 Å². The van der Waals surface area contributed by atoms with Crippen LogP contribution >= 0.6 is 11.5 Å². The second-order valence-corrected chi connectivity index (χ2v) is 3.47. The normalized spacial score (nSPS) is 12.1. The lowest BCUT2D eigenvalue weighted by molar-refractivity contribution is -0.138. The van der Waals surface area contributed by atoms with Crippen LogP contribution in [0.1, 0.15) is 22.3 Å². The molecule has 76 valence electrons. The zero-order valence-electron chi connectivity index (χ0n) is 7.64. The van der Waals surface area contributed by atoms with Gasteiger partial charge in [-0.1, -0.05) is 4.49 Å². The lowest BCUT2D eigenvalue weighted by atomic mass is 10.3. The second kappa shape index (κ2) is 4.14. The number of carbonyl (C=O) groups is 2. The van der Waals surface area contributed by atoms with Gasteiger partial charge in [-0.15, -0.1) is 5.10 Å². The van der Waals surface area contributed by atoms with Crippen molar-refractivity contribution in [3.63, 3.8) is 0 Å². The van der Waals surface area contributed by atoms with Crippen LogP contribution < -0.4 is 5.32 Å². The first-order valence-electron chi connectivity index (χ1n) is 3.85. The van der Waals surface area contributed by atoms with Gasteiger partial charge in [0.15, 0.2) is 0 Å². The van der Waals surface area contributed by atoms with E-state index < -0.39 is 17.9 Å². The highest BCUT2D eigenvalue weighted by Gasteiger charge is 2.18.